The molecule has 0 unspecified atom stereocenters. The zero-order valence-corrected chi connectivity index (χ0v) is 16.0. The highest BCUT2D eigenvalue weighted by atomic mass is 32.2. The van der Waals surface area contributed by atoms with Crippen molar-refractivity contribution in [3.8, 4) is 11.5 Å². The van der Waals surface area contributed by atoms with E-state index in [0.717, 1.165) is 35.2 Å². The monoisotopic (exact) mass is 391 g/mol. The van der Waals surface area contributed by atoms with Crippen molar-refractivity contribution >= 4 is 34.9 Å². The fourth-order valence-corrected chi connectivity index (χ4v) is 3.45. The number of nitrogens with zero attached hydrogens (tertiary/aromatic N) is 2. The van der Waals surface area contributed by atoms with E-state index < -0.39 is 11.1 Å². The van der Waals surface area contributed by atoms with Crippen LogP contribution in [0.1, 0.15) is 12.0 Å². The molecule has 2 aliphatic rings. The maximum Gasteiger partial charge on any atom is 0.294 e. The summed E-state index contributed by atoms with van der Waals surface area (Å²) in [6, 6.07) is 5.27. The molecule has 8 nitrogen and oxygen atoms in total. The van der Waals surface area contributed by atoms with Gasteiger partial charge in [-0.25, -0.2) is 0 Å². The number of fused-ring (bicyclic) bond motifs is 1. The minimum Gasteiger partial charge on any atom is -0.454 e. The van der Waals surface area contributed by atoms with Gasteiger partial charge in [0.1, 0.15) is 6.54 Å². The molecule has 1 aromatic carbocycles. The van der Waals surface area contributed by atoms with Crippen LogP contribution in [-0.2, 0) is 9.59 Å². The summed E-state index contributed by atoms with van der Waals surface area (Å²) in [5, 5.41) is 2.28. The van der Waals surface area contributed by atoms with Crippen LogP contribution >= 0.6 is 11.8 Å². The first-order valence-electron chi connectivity index (χ1n) is 8.50. The molecule has 27 heavy (non-hydrogen) atoms. The third-order valence-electron chi connectivity index (χ3n) is 3.97. The summed E-state index contributed by atoms with van der Waals surface area (Å²) in [6.45, 7) is 1.24. The number of hydrogen-bond acceptors (Lipinski definition) is 7. The van der Waals surface area contributed by atoms with Crippen molar-refractivity contribution in [2.75, 3.05) is 40.5 Å². The molecule has 9 heteroatoms. The highest BCUT2D eigenvalue weighted by Gasteiger charge is 2.36. The van der Waals surface area contributed by atoms with Crippen molar-refractivity contribution in [2.24, 2.45) is 0 Å². The topological polar surface area (TPSA) is 88.2 Å². The molecule has 2 heterocycles. The summed E-state index contributed by atoms with van der Waals surface area (Å²) in [6.07, 6.45) is 2.41. The van der Waals surface area contributed by atoms with E-state index >= 15 is 0 Å². The second-order valence-corrected chi connectivity index (χ2v) is 7.38. The molecule has 0 bridgehead atoms. The molecule has 1 N–H and O–H groups in total. The van der Waals surface area contributed by atoms with E-state index in [1.165, 1.54) is 0 Å². The van der Waals surface area contributed by atoms with Crippen LogP contribution in [0.5, 0.6) is 11.5 Å². The van der Waals surface area contributed by atoms with Gasteiger partial charge in [-0.3, -0.25) is 19.3 Å². The van der Waals surface area contributed by atoms with Crippen molar-refractivity contribution in [2.45, 2.75) is 6.42 Å². The van der Waals surface area contributed by atoms with Crippen LogP contribution in [0.2, 0.25) is 0 Å². The summed E-state index contributed by atoms with van der Waals surface area (Å²) >= 11 is 0.824. The molecule has 3 rings (SSSR count). The number of ether oxygens (including phenoxy) is 2. The highest BCUT2D eigenvalue weighted by Crippen LogP contribution is 2.36. The van der Waals surface area contributed by atoms with E-state index in [1.807, 2.05) is 19.0 Å². The average molecular weight is 391 g/mol. The fourth-order valence-electron chi connectivity index (χ4n) is 2.61. The number of hydrogen-bond donors (Lipinski definition) is 1. The van der Waals surface area contributed by atoms with Crippen molar-refractivity contribution in [1.82, 2.24) is 15.1 Å². The van der Waals surface area contributed by atoms with Crippen LogP contribution in [0.15, 0.2) is 23.1 Å². The van der Waals surface area contributed by atoms with E-state index in [4.69, 9.17) is 9.47 Å². The number of rotatable bonds is 7. The Morgan fingerprint density at radius 2 is 2.07 bits per heavy atom. The van der Waals surface area contributed by atoms with Gasteiger partial charge in [0.2, 0.25) is 12.7 Å². The van der Waals surface area contributed by atoms with E-state index in [0.29, 0.717) is 18.0 Å². The van der Waals surface area contributed by atoms with Crippen LogP contribution in [0.3, 0.4) is 0 Å². The zero-order valence-electron chi connectivity index (χ0n) is 15.2. The molecule has 0 saturated carbocycles. The van der Waals surface area contributed by atoms with E-state index in [2.05, 4.69) is 5.32 Å². The van der Waals surface area contributed by atoms with Crippen molar-refractivity contribution in [1.29, 1.82) is 0 Å². The molecule has 3 amide bonds. The molecule has 0 aliphatic carbocycles. The summed E-state index contributed by atoms with van der Waals surface area (Å²) in [5.41, 5.74) is 0.720. The predicted molar refractivity (Wildman–Crippen MR) is 101 cm³/mol. The van der Waals surface area contributed by atoms with Gasteiger partial charge in [0.05, 0.1) is 4.91 Å². The Labute approximate surface area is 161 Å². The lowest BCUT2D eigenvalue weighted by Gasteiger charge is -2.13. The standard InChI is InChI=1S/C18H21N3O5S/c1-20(2)7-3-6-19-16(22)10-21-17(23)15(27-18(21)24)9-12-4-5-13-14(8-12)26-11-25-13/h4-5,8-9H,3,6-7,10-11H2,1-2H3,(H,19,22)/b15-9-. The van der Waals surface area contributed by atoms with Gasteiger partial charge in [-0.15, -0.1) is 0 Å². The van der Waals surface area contributed by atoms with Crippen LogP contribution < -0.4 is 14.8 Å². The second-order valence-electron chi connectivity index (χ2n) is 6.39. The second kappa shape index (κ2) is 8.45. The highest BCUT2D eigenvalue weighted by molar-refractivity contribution is 8.18. The zero-order chi connectivity index (χ0) is 19.4. The molecule has 1 saturated heterocycles. The number of carbonyl (C=O) groups is 3. The quantitative estimate of drug-likeness (QED) is 0.557. The van der Waals surface area contributed by atoms with Gasteiger partial charge in [0.15, 0.2) is 11.5 Å². The Bertz CT molecular complexity index is 793. The maximum absolute atomic E-state index is 12.5. The van der Waals surface area contributed by atoms with Gasteiger partial charge in [-0.1, -0.05) is 6.07 Å². The van der Waals surface area contributed by atoms with Crippen LogP contribution in [-0.4, -0.2) is 67.4 Å². The lowest BCUT2D eigenvalue weighted by molar-refractivity contribution is -0.129. The van der Waals surface area contributed by atoms with Gasteiger partial charge in [0.25, 0.3) is 11.1 Å². The molecule has 0 atom stereocenters. The molecule has 2 aliphatic heterocycles. The molecule has 1 aromatic rings. The molecule has 0 spiro atoms. The molecule has 144 valence electrons. The molecule has 0 radical (unpaired) electrons. The Hall–Kier alpha value is -2.52. The Morgan fingerprint density at radius 1 is 1.30 bits per heavy atom. The normalized spacial score (nSPS) is 17.3. The Balaban J connectivity index is 1.59. The minimum absolute atomic E-state index is 0.166. The van der Waals surface area contributed by atoms with Gasteiger partial charge in [-0.2, -0.15) is 0 Å². The molecular weight excluding hydrogens is 370 g/mol. The van der Waals surface area contributed by atoms with Crippen LogP contribution in [0.25, 0.3) is 6.08 Å². The molecule has 1 fully saturated rings. The van der Waals surface area contributed by atoms with Crippen molar-refractivity contribution in [3.05, 3.63) is 28.7 Å². The van der Waals surface area contributed by atoms with Crippen molar-refractivity contribution in [3.63, 3.8) is 0 Å². The van der Waals surface area contributed by atoms with Crippen molar-refractivity contribution < 1.29 is 23.9 Å². The first-order valence-corrected chi connectivity index (χ1v) is 9.32. The minimum atomic E-state index is -0.467. The lowest BCUT2D eigenvalue weighted by Crippen LogP contribution is -2.40. The summed E-state index contributed by atoms with van der Waals surface area (Å²) < 4.78 is 10.6. The Kier molecular flexibility index (Phi) is 6.02. The third kappa shape index (κ3) is 4.81. The third-order valence-corrected chi connectivity index (χ3v) is 4.88. The first-order chi connectivity index (χ1) is 12.9. The smallest absolute Gasteiger partial charge is 0.294 e. The fraction of sp³-hybridized carbons (Fsp3) is 0.389. The number of amides is 3. The molecular formula is C18H21N3O5S. The van der Waals surface area contributed by atoms with E-state index in [-0.39, 0.29) is 24.2 Å². The van der Waals surface area contributed by atoms with E-state index in [9.17, 15) is 14.4 Å². The van der Waals surface area contributed by atoms with E-state index in [1.54, 1.807) is 24.3 Å². The summed E-state index contributed by atoms with van der Waals surface area (Å²) in [4.78, 5) is 39.9. The average Bonchev–Trinajstić information content (AvgIpc) is 3.18. The lowest BCUT2D eigenvalue weighted by atomic mass is 10.2. The Morgan fingerprint density at radius 3 is 2.85 bits per heavy atom. The van der Waals surface area contributed by atoms with Gasteiger partial charge < -0.3 is 19.7 Å². The van der Waals surface area contributed by atoms with Gasteiger partial charge >= 0.3 is 0 Å². The van der Waals surface area contributed by atoms with Gasteiger partial charge in [0, 0.05) is 6.54 Å². The van der Waals surface area contributed by atoms with Gasteiger partial charge in [-0.05, 0) is 62.6 Å². The molecule has 0 aromatic heterocycles. The van der Waals surface area contributed by atoms with Crippen LogP contribution in [0.4, 0.5) is 4.79 Å². The maximum atomic E-state index is 12.5. The number of thioether (sulfide) groups is 1. The number of nitrogens with one attached hydrogen (secondary N) is 1. The first kappa shape index (κ1) is 19.2. The summed E-state index contributed by atoms with van der Waals surface area (Å²) in [7, 11) is 3.91. The van der Waals surface area contributed by atoms with Crippen LogP contribution in [0, 0.1) is 0 Å². The predicted octanol–water partition coefficient (Wildman–Crippen LogP) is 1.52. The number of imide groups is 1. The SMILES string of the molecule is CN(C)CCCNC(=O)CN1C(=O)S/C(=C\c2ccc3c(c2)OCO3)C1=O. The number of carbonyl (C=O) groups excluding carboxylic acids is 3. The largest absolute Gasteiger partial charge is 0.454 e. The number of benzene rings is 1. The summed E-state index contributed by atoms with van der Waals surface area (Å²) in [5.74, 6) is 0.428.